The Hall–Kier alpha value is -3.45. The second-order valence-corrected chi connectivity index (χ2v) is 7.72. The molecule has 2 heterocycles. The van der Waals surface area contributed by atoms with Crippen LogP contribution in [-0.4, -0.2) is 20.6 Å². The summed E-state index contributed by atoms with van der Waals surface area (Å²) < 4.78 is 6.86. The number of halogens is 1. The number of fused-ring (bicyclic) bond motifs is 1. The molecular weight excluding hydrogens is 404 g/mol. The molecule has 0 atom stereocenters. The van der Waals surface area contributed by atoms with Gasteiger partial charge < -0.3 is 9.84 Å². The van der Waals surface area contributed by atoms with Crippen molar-refractivity contribution in [1.82, 2.24) is 14.7 Å². The van der Waals surface area contributed by atoms with Gasteiger partial charge in [0.2, 0.25) is 5.91 Å². The van der Waals surface area contributed by atoms with Gasteiger partial charge in [-0.25, -0.2) is 0 Å². The van der Waals surface area contributed by atoms with Gasteiger partial charge >= 0.3 is 0 Å². The molecule has 1 aliphatic carbocycles. The smallest absolute Gasteiger partial charge is 0.258 e. The summed E-state index contributed by atoms with van der Waals surface area (Å²) in [6, 6.07) is 15.6. The topological polar surface area (TPSA) is 90.0 Å². The van der Waals surface area contributed by atoms with E-state index in [2.05, 4.69) is 15.5 Å². The zero-order valence-electron chi connectivity index (χ0n) is 15.8. The molecule has 2 aromatic heterocycles. The molecule has 0 unspecified atom stereocenters. The van der Waals surface area contributed by atoms with E-state index in [-0.39, 0.29) is 18.0 Å². The van der Waals surface area contributed by atoms with Crippen LogP contribution in [0.25, 0.3) is 22.4 Å². The largest absolute Gasteiger partial charge is 0.334 e. The molecule has 8 heteroatoms. The summed E-state index contributed by atoms with van der Waals surface area (Å²) in [5, 5.41) is 8.17. The molecule has 1 saturated carbocycles. The number of rotatable bonds is 5. The third-order valence-corrected chi connectivity index (χ3v) is 5.32. The molecule has 0 bridgehead atoms. The fourth-order valence-corrected chi connectivity index (χ4v) is 3.53. The van der Waals surface area contributed by atoms with Crippen LogP contribution in [0, 0.1) is 0 Å². The average molecular weight is 421 g/mol. The third-order valence-electron chi connectivity index (χ3n) is 5.06. The Bertz CT molecular complexity index is 1310. The number of aromatic nitrogens is 3. The maximum Gasteiger partial charge on any atom is 0.258 e. The second-order valence-electron chi connectivity index (χ2n) is 7.29. The zero-order valence-corrected chi connectivity index (χ0v) is 16.6. The number of nitrogens with zero attached hydrogens (tertiary/aromatic N) is 3. The number of carbonyl (C=O) groups is 1. The molecule has 0 spiro atoms. The molecule has 1 N–H and O–H groups in total. The van der Waals surface area contributed by atoms with Crippen LogP contribution in [0.5, 0.6) is 0 Å². The van der Waals surface area contributed by atoms with Gasteiger partial charge in [-0.15, -0.1) is 0 Å². The highest BCUT2D eigenvalue weighted by Crippen LogP contribution is 2.39. The van der Waals surface area contributed by atoms with Gasteiger partial charge in [0.25, 0.3) is 11.4 Å². The molecular formula is C22H17ClN4O3. The van der Waals surface area contributed by atoms with Crippen LogP contribution in [0.4, 0.5) is 5.69 Å². The predicted octanol–water partition coefficient (Wildman–Crippen LogP) is 4.22. The molecule has 0 saturated heterocycles. The highest BCUT2D eigenvalue weighted by atomic mass is 35.5. The van der Waals surface area contributed by atoms with E-state index >= 15 is 0 Å². The van der Waals surface area contributed by atoms with Gasteiger partial charge in [-0.2, -0.15) is 4.98 Å². The quantitative estimate of drug-likeness (QED) is 0.522. The highest BCUT2D eigenvalue weighted by Gasteiger charge is 2.29. The summed E-state index contributed by atoms with van der Waals surface area (Å²) in [6.45, 7) is -0.126. The molecule has 0 aliphatic heterocycles. The molecule has 5 rings (SSSR count). The molecule has 4 aromatic rings. The highest BCUT2D eigenvalue weighted by molar-refractivity contribution is 6.30. The standard InChI is InChI=1S/C22H17ClN4O3/c23-14-7-9-15(10-8-14)24-19(28)12-27-18-4-2-1-3-16(18)17(11-20(27)29)22-25-21(26-30-22)13-5-6-13/h1-4,7-11,13H,5-6,12H2,(H,24,28). The lowest BCUT2D eigenvalue weighted by Crippen LogP contribution is -2.27. The third kappa shape index (κ3) is 3.59. The van der Waals surface area contributed by atoms with E-state index < -0.39 is 0 Å². The van der Waals surface area contributed by atoms with Gasteiger partial charge in [0.15, 0.2) is 5.82 Å². The molecule has 2 aromatic carbocycles. The van der Waals surface area contributed by atoms with Gasteiger partial charge in [0.1, 0.15) is 6.54 Å². The Labute approximate surface area is 176 Å². The minimum absolute atomic E-state index is 0.126. The minimum Gasteiger partial charge on any atom is -0.334 e. The molecule has 1 aliphatic rings. The Balaban J connectivity index is 1.49. The lowest BCUT2D eigenvalue weighted by molar-refractivity contribution is -0.116. The molecule has 0 radical (unpaired) electrons. The van der Waals surface area contributed by atoms with Crippen molar-refractivity contribution >= 4 is 34.1 Å². The van der Waals surface area contributed by atoms with E-state index in [1.165, 1.54) is 10.6 Å². The number of anilines is 1. The minimum atomic E-state index is -0.318. The Morgan fingerprint density at radius 1 is 1.17 bits per heavy atom. The van der Waals surface area contributed by atoms with E-state index in [0.717, 1.165) is 18.2 Å². The lowest BCUT2D eigenvalue weighted by atomic mass is 10.1. The second kappa shape index (κ2) is 7.42. The molecule has 1 fully saturated rings. The van der Waals surface area contributed by atoms with Crippen molar-refractivity contribution in [2.45, 2.75) is 25.3 Å². The van der Waals surface area contributed by atoms with Crippen molar-refractivity contribution in [3.05, 3.63) is 75.8 Å². The first-order valence-corrected chi connectivity index (χ1v) is 9.98. The van der Waals surface area contributed by atoms with Crippen LogP contribution in [0.3, 0.4) is 0 Å². The first-order chi connectivity index (χ1) is 14.6. The Morgan fingerprint density at radius 3 is 2.70 bits per heavy atom. The fourth-order valence-electron chi connectivity index (χ4n) is 3.40. The maximum absolute atomic E-state index is 12.9. The van der Waals surface area contributed by atoms with Crippen molar-refractivity contribution in [1.29, 1.82) is 0 Å². The van der Waals surface area contributed by atoms with E-state index in [1.807, 2.05) is 18.2 Å². The zero-order chi connectivity index (χ0) is 20.7. The van der Waals surface area contributed by atoms with Crippen molar-refractivity contribution in [3.8, 4) is 11.5 Å². The summed E-state index contributed by atoms with van der Waals surface area (Å²) in [4.78, 5) is 29.9. The number of benzene rings is 2. The van der Waals surface area contributed by atoms with E-state index in [9.17, 15) is 9.59 Å². The van der Waals surface area contributed by atoms with Gasteiger partial charge in [0, 0.05) is 28.1 Å². The maximum atomic E-state index is 12.9. The van der Waals surface area contributed by atoms with Crippen LogP contribution in [0.2, 0.25) is 5.02 Å². The number of pyridine rings is 1. The summed E-state index contributed by atoms with van der Waals surface area (Å²) in [5.41, 5.74) is 1.49. The van der Waals surface area contributed by atoms with E-state index in [4.69, 9.17) is 16.1 Å². The van der Waals surface area contributed by atoms with Gasteiger partial charge in [-0.05, 0) is 43.2 Å². The first-order valence-electron chi connectivity index (χ1n) is 9.60. The van der Waals surface area contributed by atoms with Crippen molar-refractivity contribution < 1.29 is 9.32 Å². The van der Waals surface area contributed by atoms with E-state index in [1.54, 1.807) is 30.3 Å². The first kappa shape index (κ1) is 18.6. The van der Waals surface area contributed by atoms with Gasteiger partial charge in [-0.1, -0.05) is 35.0 Å². The van der Waals surface area contributed by atoms with Crippen LogP contribution in [-0.2, 0) is 11.3 Å². The SMILES string of the molecule is O=C(Cn1c(=O)cc(-c2nc(C3CC3)no2)c2ccccc21)Nc1ccc(Cl)cc1. The Morgan fingerprint density at radius 2 is 1.93 bits per heavy atom. The van der Waals surface area contributed by atoms with Crippen LogP contribution < -0.4 is 10.9 Å². The van der Waals surface area contributed by atoms with Crippen molar-refractivity contribution in [2.75, 3.05) is 5.32 Å². The molecule has 7 nitrogen and oxygen atoms in total. The number of hydrogen-bond acceptors (Lipinski definition) is 5. The lowest BCUT2D eigenvalue weighted by Gasteiger charge is -2.12. The predicted molar refractivity (Wildman–Crippen MR) is 114 cm³/mol. The number of amides is 1. The monoisotopic (exact) mass is 420 g/mol. The van der Waals surface area contributed by atoms with Crippen LogP contribution >= 0.6 is 11.6 Å². The normalized spacial score (nSPS) is 13.5. The number of carbonyl (C=O) groups excluding carboxylic acids is 1. The molecule has 150 valence electrons. The summed E-state index contributed by atoms with van der Waals surface area (Å²) in [7, 11) is 0. The Kier molecular flexibility index (Phi) is 4.59. The average Bonchev–Trinajstić information content (AvgIpc) is 3.48. The number of nitrogens with one attached hydrogen (secondary N) is 1. The van der Waals surface area contributed by atoms with Crippen molar-refractivity contribution in [3.63, 3.8) is 0 Å². The summed E-state index contributed by atoms with van der Waals surface area (Å²) >= 11 is 5.88. The number of hydrogen-bond donors (Lipinski definition) is 1. The fraction of sp³-hybridized carbons (Fsp3) is 0.182. The summed E-state index contributed by atoms with van der Waals surface area (Å²) in [5.74, 6) is 1.04. The van der Waals surface area contributed by atoms with Crippen LogP contribution in [0.15, 0.2) is 63.9 Å². The summed E-state index contributed by atoms with van der Waals surface area (Å²) in [6.07, 6.45) is 2.12. The van der Waals surface area contributed by atoms with Crippen LogP contribution in [0.1, 0.15) is 24.6 Å². The van der Waals surface area contributed by atoms with Gasteiger partial charge in [0.05, 0.1) is 11.1 Å². The van der Waals surface area contributed by atoms with E-state index in [0.29, 0.717) is 39.4 Å². The van der Waals surface area contributed by atoms with Crippen molar-refractivity contribution in [2.24, 2.45) is 0 Å². The van der Waals surface area contributed by atoms with Gasteiger partial charge in [-0.3, -0.25) is 14.2 Å². The number of para-hydroxylation sites is 1. The molecule has 1 amide bonds. The molecule has 30 heavy (non-hydrogen) atoms.